The molecule has 0 fully saturated rings. The highest BCUT2D eigenvalue weighted by Crippen LogP contribution is 2.40. The average molecular weight is 706 g/mol. The Morgan fingerprint density at radius 2 is 0.618 bits per heavy atom. The van der Waals surface area contributed by atoms with Gasteiger partial charge in [0.05, 0.1) is 46.5 Å². The molecule has 0 saturated carbocycles. The van der Waals surface area contributed by atoms with Crippen LogP contribution in [-0.4, -0.2) is 0 Å². The molecule has 0 amide bonds. The van der Waals surface area contributed by atoms with Crippen LogP contribution < -0.4 is 4.90 Å². The summed E-state index contributed by atoms with van der Waals surface area (Å²) in [6.07, 6.45) is 0. The highest BCUT2D eigenvalue weighted by atomic mass is 15.1. The second kappa shape index (κ2) is 15.1. The largest absolute Gasteiger partial charge is 0.311 e. The van der Waals surface area contributed by atoms with Crippen molar-refractivity contribution in [2.75, 3.05) is 4.90 Å². The van der Waals surface area contributed by atoms with Crippen molar-refractivity contribution in [1.29, 1.82) is 21.0 Å². The van der Waals surface area contributed by atoms with Gasteiger partial charge in [0.1, 0.15) is 0 Å². The van der Waals surface area contributed by atoms with Gasteiger partial charge < -0.3 is 4.90 Å². The summed E-state index contributed by atoms with van der Waals surface area (Å²) in [5, 5.41) is 38.1. The Morgan fingerprint density at radius 1 is 0.327 bits per heavy atom. The third kappa shape index (κ3) is 6.95. The zero-order chi connectivity index (χ0) is 38.6. The molecule has 0 radical (unpaired) electrons. The quantitative estimate of drug-likeness (QED) is 0.164. The highest BCUT2D eigenvalue weighted by Gasteiger charge is 2.17. The van der Waals surface area contributed by atoms with E-state index in [0.29, 0.717) is 22.3 Å². The van der Waals surface area contributed by atoms with E-state index in [9.17, 15) is 21.0 Å². The summed E-state index contributed by atoms with van der Waals surface area (Å²) < 4.78 is 0. The maximum atomic E-state index is 9.52. The lowest BCUT2D eigenvalue weighted by Crippen LogP contribution is -2.09. The molecule has 5 heteroatoms. The van der Waals surface area contributed by atoms with Crippen LogP contribution in [0.15, 0.2) is 140 Å². The molecule has 260 valence electrons. The number of nitriles is 4. The molecule has 0 heterocycles. The molecular formula is C50H35N5. The van der Waals surface area contributed by atoms with Crippen LogP contribution >= 0.6 is 0 Å². The Kier molecular flexibility index (Phi) is 9.80. The molecule has 0 N–H and O–H groups in total. The van der Waals surface area contributed by atoms with Gasteiger partial charge >= 0.3 is 0 Å². The minimum atomic E-state index is 0.472. The van der Waals surface area contributed by atoms with Crippen LogP contribution in [0.5, 0.6) is 0 Å². The van der Waals surface area contributed by atoms with Crippen LogP contribution in [0.1, 0.15) is 44.5 Å². The van der Waals surface area contributed by atoms with Gasteiger partial charge in [0, 0.05) is 17.1 Å². The molecule has 7 aromatic carbocycles. The lowest BCUT2D eigenvalue weighted by Gasteiger charge is -2.26. The molecule has 0 aromatic heterocycles. The Labute approximate surface area is 322 Å². The number of hydrogen-bond acceptors (Lipinski definition) is 5. The van der Waals surface area contributed by atoms with E-state index in [-0.39, 0.29) is 0 Å². The number of para-hydroxylation sites is 1. The van der Waals surface area contributed by atoms with E-state index in [1.165, 1.54) is 0 Å². The van der Waals surface area contributed by atoms with E-state index in [1.54, 1.807) is 12.1 Å². The Balaban J connectivity index is 1.20. The Bertz CT molecular complexity index is 2530. The molecular weight excluding hydrogens is 671 g/mol. The zero-order valence-electron chi connectivity index (χ0n) is 31.0. The second-order valence-electron chi connectivity index (χ2n) is 13.6. The van der Waals surface area contributed by atoms with Crippen molar-refractivity contribution in [2.45, 2.75) is 27.7 Å². The normalized spacial score (nSPS) is 10.5. The first-order valence-electron chi connectivity index (χ1n) is 17.9. The van der Waals surface area contributed by atoms with Crippen LogP contribution in [-0.2, 0) is 0 Å². The molecule has 0 aliphatic heterocycles. The number of hydrogen-bond donors (Lipinski definition) is 0. The van der Waals surface area contributed by atoms with Crippen molar-refractivity contribution in [1.82, 2.24) is 0 Å². The van der Waals surface area contributed by atoms with Gasteiger partial charge in [-0.25, -0.2) is 0 Å². The van der Waals surface area contributed by atoms with Gasteiger partial charge in [-0.15, -0.1) is 0 Å². The van der Waals surface area contributed by atoms with E-state index in [4.69, 9.17) is 0 Å². The smallest absolute Gasteiger partial charge is 0.0992 e. The summed E-state index contributed by atoms with van der Waals surface area (Å²) in [4.78, 5) is 2.25. The molecule has 55 heavy (non-hydrogen) atoms. The highest BCUT2D eigenvalue weighted by molar-refractivity contribution is 5.83. The van der Waals surface area contributed by atoms with Crippen molar-refractivity contribution in [2.24, 2.45) is 0 Å². The molecule has 0 aliphatic carbocycles. The molecule has 0 spiro atoms. The van der Waals surface area contributed by atoms with E-state index in [0.717, 1.165) is 83.8 Å². The average Bonchev–Trinajstić information content (AvgIpc) is 3.23. The number of rotatable bonds is 7. The fraction of sp³-hybridized carbons (Fsp3) is 0.0800. The number of anilines is 3. The van der Waals surface area contributed by atoms with Gasteiger partial charge in [0.2, 0.25) is 0 Å². The summed E-state index contributed by atoms with van der Waals surface area (Å²) in [5.74, 6) is 0. The Hall–Kier alpha value is -7.70. The minimum absolute atomic E-state index is 0.472. The summed E-state index contributed by atoms with van der Waals surface area (Å²) in [6.45, 7) is 8.41. The molecule has 0 bridgehead atoms. The summed E-state index contributed by atoms with van der Waals surface area (Å²) in [5.41, 5.74) is 17.7. The maximum absolute atomic E-state index is 9.52. The first-order chi connectivity index (χ1) is 26.7. The monoisotopic (exact) mass is 705 g/mol. The van der Waals surface area contributed by atoms with Gasteiger partial charge in [0.15, 0.2) is 0 Å². The number of nitrogens with zero attached hydrogens (tertiary/aromatic N) is 5. The topological polar surface area (TPSA) is 98.4 Å². The molecule has 0 atom stereocenters. The Morgan fingerprint density at radius 3 is 0.927 bits per heavy atom. The van der Waals surface area contributed by atoms with Crippen molar-refractivity contribution in [3.05, 3.63) is 184 Å². The van der Waals surface area contributed by atoms with Gasteiger partial charge in [-0.1, -0.05) is 66.7 Å². The van der Waals surface area contributed by atoms with Gasteiger partial charge in [-0.05, 0) is 167 Å². The predicted octanol–water partition coefficient (Wildman–Crippen LogP) is 12.5. The summed E-state index contributed by atoms with van der Waals surface area (Å²) >= 11 is 0. The van der Waals surface area contributed by atoms with E-state index >= 15 is 0 Å². The van der Waals surface area contributed by atoms with Gasteiger partial charge in [0.25, 0.3) is 0 Å². The van der Waals surface area contributed by atoms with Crippen molar-refractivity contribution >= 4 is 17.1 Å². The van der Waals surface area contributed by atoms with Crippen molar-refractivity contribution in [3.8, 4) is 68.8 Å². The van der Waals surface area contributed by atoms with E-state index < -0.39 is 0 Å². The SMILES string of the molecule is Cc1c(-c2ccc(N(c3ccccc3)c3ccc(-c4ccc(-c5cc(C#N)cc(C#N)c5)c(C)c4C)cc3)cc2)ccc(-c2cc(C#N)cc(C#N)c2)c1C. The molecule has 7 aromatic rings. The summed E-state index contributed by atoms with van der Waals surface area (Å²) in [6, 6.07) is 55.3. The van der Waals surface area contributed by atoms with Crippen molar-refractivity contribution < 1.29 is 0 Å². The lowest BCUT2D eigenvalue weighted by atomic mass is 9.89. The van der Waals surface area contributed by atoms with Gasteiger partial charge in [-0.3, -0.25) is 0 Å². The zero-order valence-corrected chi connectivity index (χ0v) is 31.0. The van der Waals surface area contributed by atoms with Crippen molar-refractivity contribution in [3.63, 3.8) is 0 Å². The minimum Gasteiger partial charge on any atom is -0.311 e. The standard InChI is InChI=1S/C50H35N5/c1-32-34(3)49(42-24-36(28-51)22-37(25-42)29-52)20-18-47(32)40-10-14-45(15-11-40)55(44-8-6-5-7-9-44)46-16-12-41(13-17-46)48-19-21-50(35(4)33(48)2)43-26-38(30-53)23-39(27-43)31-54/h5-27H,1-4H3. The first kappa shape index (κ1) is 35.7. The van der Waals surface area contributed by atoms with Crippen LogP contribution in [0.4, 0.5) is 17.1 Å². The molecule has 0 unspecified atom stereocenters. The van der Waals surface area contributed by atoms with Crippen LogP contribution in [0.25, 0.3) is 44.5 Å². The lowest BCUT2D eigenvalue weighted by molar-refractivity contribution is 1.28. The fourth-order valence-electron chi connectivity index (χ4n) is 7.32. The summed E-state index contributed by atoms with van der Waals surface area (Å²) in [7, 11) is 0. The van der Waals surface area contributed by atoms with E-state index in [1.807, 2.05) is 42.5 Å². The van der Waals surface area contributed by atoms with Gasteiger partial charge in [-0.2, -0.15) is 21.0 Å². The molecule has 7 rings (SSSR count). The second-order valence-corrected chi connectivity index (χ2v) is 13.6. The van der Waals surface area contributed by atoms with Crippen LogP contribution in [0.3, 0.4) is 0 Å². The van der Waals surface area contributed by atoms with Crippen LogP contribution in [0, 0.1) is 73.0 Å². The van der Waals surface area contributed by atoms with Crippen LogP contribution in [0.2, 0.25) is 0 Å². The fourth-order valence-corrected chi connectivity index (χ4v) is 7.32. The molecule has 0 saturated heterocycles. The number of benzene rings is 7. The predicted molar refractivity (Wildman–Crippen MR) is 221 cm³/mol. The van der Waals surface area contributed by atoms with E-state index in [2.05, 4.69) is 142 Å². The molecule has 0 aliphatic rings. The third-order valence-electron chi connectivity index (χ3n) is 10.5. The third-order valence-corrected chi connectivity index (χ3v) is 10.5. The molecule has 5 nitrogen and oxygen atoms in total. The maximum Gasteiger partial charge on any atom is 0.0992 e. The first-order valence-corrected chi connectivity index (χ1v) is 17.9.